The van der Waals surface area contributed by atoms with Crippen molar-refractivity contribution < 1.29 is 4.57 Å². The van der Waals surface area contributed by atoms with Crippen LogP contribution in [0.1, 0.15) is 0 Å². The third-order valence-corrected chi connectivity index (χ3v) is 12.8. The van der Waals surface area contributed by atoms with Gasteiger partial charge in [0.25, 0.3) is 0 Å². The van der Waals surface area contributed by atoms with E-state index in [1.165, 1.54) is 20.2 Å². The van der Waals surface area contributed by atoms with E-state index in [4.69, 9.17) is 0 Å². The topological polar surface area (TPSA) is 22.0 Å². The summed E-state index contributed by atoms with van der Waals surface area (Å²) in [4.78, 5) is 0. The van der Waals surface area contributed by atoms with E-state index in [1.807, 2.05) is 47.7 Å². The number of rotatable bonds is 2. The third kappa shape index (κ3) is 2.76. The number of hydrogen-bond donors (Lipinski definition) is 0. The van der Waals surface area contributed by atoms with Gasteiger partial charge in [-0.05, 0) is 35.4 Å². The predicted molar refractivity (Wildman–Crippen MR) is 172 cm³/mol. The molecule has 0 amide bonds. The zero-order valence-corrected chi connectivity index (χ0v) is 23.1. The monoisotopic (exact) mass is 547 g/mol. The molecule has 188 valence electrons. The minimum absolute atomic E-state index is 0.886. The van der Waals surface area contributed by atoms with Gasteiger partial charge in [-0.25, -0.2) is 0 Å². The molecular weight excluding hydrogens is 525 g/mol. The molecule has 0 aliphatic carbocycles. The summed E-state index contributed by atoms with van der Waals surface area (Å²) in [5.74, 6) is 0. The SMILES string of the molecule is O=P1(c2ccccc2)c2ccccc2-c2ccc3c(c21)c1ccccc1n3-c1cccc2c1sc1ccccc12. The second-order valence-corrected chi connectivity index (χ2v) is 14.1. The van der Waals surface area contributed by atoms with Gasteiger partial charge >= 0.3 is 0 Å². The number of hydrogen-bond acceptors (Lipinski definition) is 2. The van der Waals surface area contributed by atoms with E-state index in [9.17, 15) is 0 Å². The molecular formula is C36H22NOPS. The smallest absolute Gasteiger partial charge is 0.172 e. The summed E-state index contributed by atoms with van der Waals surface area (Å²) in [5.41, 5.74) is 5.54. The van der Waals surface area contributed by atoms with Gasteiger partial charge in [0, 0.05) is 42.2 Å². The molecule has 9 rings (SSSR count). The molecule has 0 saturated heterocycles. The lowest BCUT2D eigenvalue weighted by Gasteiger charge is -2.17. The number of benzene rings is 6. The number of fused-ring (bicyclic) bond motifs is 10. The van der Waals surface area contributed by atoms with Crippen LogP contribution in [0, 0.1) is 0 Å². The van der Waals surface area contributed by atoms with Crippen LogP contribution in [0.3, 0.4) is 0 Å². The highest BCUT2D eigenvalue weighted by Gasteiger charge is 2.42. The molecule has 1 atom stereocenters. The van der Waals surface area contributed by atoms with E-state index in [0.717, 1.165) is 54.5 Å². The van der Waals surface area contributed by atoms with E-state index in [1.54, 1.807) is 0 Å². The fourth-order valence-corrected chi connectivity index (χ4v) is 11.2. The summed E-state index contributed by atoms with van der Waals surface area (Å²) in [6.07, 6.45) is 0. The zero-order chi connectivity index (χ0) is 26.4. The molecule has 1 aliphatic heterocycles. The van der Waals surface area contributed by atoms with Crippen LogP contribution in [0.25, 0.3) is 58.8 Å². The molecule has 2 nitrogen and oxygen atoms in total. The van der Waals surface area contributed by atoms with Crippen LogP contribution in [-0.4, -0.2) is 4.57 Å². The minimum Gasteiger partial charge on any atom is -0.309 e. The molecule has 6 aromatic carbocycles. The standard InChI is InChI=1S/C36H22NOPS/c38-39(23-11-2-1-3-12-23)32-19-8-5-13-24(32)26-21-22-30-34(35(26)39)28-15-4-7-17-29(28)37(30)31-18-10-16-27-25-14-6-9-20-33(25)40-36(27)31/h1-22H. The fraction of sp³-hybridized carbons (Fsp3) is 0. The molecule has 8 aromatic rings. The van der Waals surface area contributed by atoms with Gasteiger partial charge in [0.1, 0.15) is 0 Å². The maximum atomic E-state index is 15.6. The quantitative estimate of drug-likeness (QED) is 0.198. The van der Waals surface area contributed by atoms with Crippen molar-refractivity contribution in [3.8, 4) is 16.8 Å². The van der Waals surface area contributed by atoms with Crippen LogP contribution in [-0.2, 0) is 4.57 Å². The van der Waals surface area contributed by atoms with Gasteiger partial charge in [0.15, 0.2) is 7.14 Å². The number of aromatic nitrogens is 1. The molecule has 4 heteroatoms. The van der Waals surface area contributed by atoms with Crippen molar-refractivity contribution in [3.05, 3.63) is 133 Å². The largest absolute Gasteiger partial charge is 0.309 e. The van der Waals surface area contributed by atoms with Gasteiger partial charge in [-0.1, -0.05) is 109 Å². The first-order valence-corrected chi connectivity index (χ1v) is 16.0. The van der Waals surface area contributed by atoms with Crippen LogP contribution in [0.2, 0.25) is 0 Å². The summed E-state index contributed by atoms with van der Waals surface area (Å²) < 4.78 is 20.5. The second-order valence-electron chi connectivity index (χ2n) is 10.4. The van der Waals surface area contributed by atoms with Gasteiger partial charge in [0.2, 0.25) is 0 Å². The van der Waals surface area contributed by atoms with Gasteiger partial charge in [-0.15, -0.1) is 11.3 Å². The van der Waals surface area contributed by atoms with Crippen LogP contribution < -0.4 is 15.9 Å². The van der Waals surface area contributed by atoms with Gasteiger partial charge < -0.3 is 9.13 Å². The molecule has 1 aliphatic rings. The molecule has 0 saturated carbocycles. The predicted octanol–water partition coefficient (Wildman–Crippen LogP) is 8.77. The molecule has 1 unspecified atom stereocenters. The van der Waals surface area contributed by atoms with Crippen LogP contribution in [0.4, 0.5) is 0 Å². The number of para-hydroxylation sites is 1. The Balaban J connectivity index is 1.47. The lowest BCUT2D eigenvalue weighted by atomic mass is 10.0. The molecule has 2 aromatic heterocycles. The van der Waals surface area contributed by atoms with Gasteiger partial charge in [0.05, 0.1) is 21.4 Å². The Kier molecular flexibility index (Phi) is 4.51. The molecule has 40 heavy (non-hydrogen) atoms. The Labute approximate surface area is 235 Å². The van der Waals surface area contributed by atoms with Crippen molar-refractivity contribution >= 4 is 76.4 Å². The number of thiophene rings is 1. The van der Waals surface area contributed by atoms with Crippen molar-refractivity contribution in [1.29, 1.82) is 0 Å². The highest BCUT2D eigenvalue weighted by Crippen LogP contribution is 2.55. The molecule has 0 bridgehead atoms. The normalized spacial score (nSPS) is 16.2. The summed E-state index contributed by atoms with van der Waals surface area (Å²) in [6, 6.07) is 46.6. The average Bonchev–Trinajstić information content (AvgIpc) is 3.65. The van der Waals surface area contributed by atoms with Crippen molar-refractivity contribution in [1.82, 2.24) is 4.57 Å². The van der Waals surface area contributed by atoms with Crippen LogP contribution >= 0.6 is 18.5 Å². The first-order chi connectivity index (χ1) is 19.7. The van der Waals surface area contributed by atoms with Gasteiger partial charge in [-0.3, -0.25) is 0 Å². The Morgan fingerprint density at radius 3 is 2.17 bits per heavy atom. The summed E-state index contributed by atoms with van der Waals surface area (Å²) in [7, 11) is -3.11. The van der Waals surface area contributed by atoms with E-state index >= 15 is 4.57 Å². The molecule has 0 N–H and O–H groups in total. The average molecular weight is 548 g/mol. The van der Waals surface area contributed by atoms with E-state index < -0.39 is 7.14 Å². The molecule has 0 radical (unpaired) electrons. The van der Waals surface area contributed by atoms with E-state index in [0.29, 0.717) is 0 Å². The Morgan fingerprint density at radius 1 is 0.550 bits per heavy atom. The summed E-state index contributed by atoms with van der Waals surface area (Å²) in [5, 5.41) is 7.58. The maximum absolute atomic E-state index is 15.6. The lowest BCUT2D eigenvalue weighted by molar-refractivity contribution is 0.593. The highest BCUT2D eigenvalue weighted by molar-refractivity contribution is 7.86. The first-order valence-electron chi connectivity index (χ1n) is 13.5. The molecule has 0 fully saturated rings. The summed E-state index contributed by atoms with van der Waals surface area (Å²) >= 11 is 1.84. The molecule has 0 spiro atoms. The first kappa shape index (κ1) is 22.4. The Bertz CT molecular complexity index is 2360. The van der Waals surface area contributed by atoms with E-state index in [-0.39, 0.29) is 0 Å². The molecule has 3 heterocycles. The second kappa shape index (κ2) is 8.05. The third-order valence-electron chi connectivity index (χ3n) is 8.40. The van der Waals surface area contributed by atoms with Crippen molar-refractivity contribution in [2.45, 2.75) is 0 Å². The Hall–Kier alpha value is -4.43. The highest BCUT2D eigenvalue weighted by atomic mass is 32.1. The van der Waals surface area contributed by atoms with Crippen LogP contribution in [0.5, 0.6) is 0 Å². The maximum Gasteiger partial charge on any atom is 0.172 e. The van der Waals surface area contributed by atoms with Crippen molar-refractivity contribution in [2.24, 2.45) is 0 Å². The van der Waals surface area contributed by atoms with Crippen LogP contribution in [0.15, 0.2) is 133 Å². The zero-order valence-electron chi connectivity index (χ0n) is 21.4. The lowest BCUT2D eigenvalue weighted by Crippen LogP contribution is -2.21. The van der Waals surface area contributed by atoms with Gasteiger partial charge in [-0.2, -0.15) is 0 Å². The number of nitrogens with zero attached hydrogens (tertiary/aromatic N) is 1. The van der Waals surface area contributed by atoms with E-state index in [2.05, 4.69) is 102 Å². The fourth-order valence-electron chi connectivity index (χ4n) is 6.76. The van der Waals surface area contributed by atoms with Crippen molar-refractivity contribution in [3.63, 3.8) is 0 Å². The summed E-state index contributed by atoms with van der Waals surface area (Å²) in [6.45, 7) is 0. The Morgan fingerprint density at radius 2 is 1.27 bits per heavy atom. The van der Waals surface area contributed by atoms with Crippen molar-refractivity contribution in [2.75, 3.05) is 0 Å². The minimum atomic E-state index is -3.11.